The molecule has 0 saturated carbocycles. The van der Waals surface area contributed by atoms with E-state index in [-0.39, 0.29) is 24.2 Å². The molecule has 4 heterocycles. The van der Waals surface area contributed by atoms with E-state index in [1.54, 1.807) is 6.07 Å². The molecule has 0 radical (unpaired) electrons. The standard InChI is InChI=1S/C17H29N11O/c1-9-2-14(26-29-9)22-15-23-16(27-5-10(18)3-11(19)6-27)25-17(24-15)28-7-12(20)4-13(21)8-28/h2,10-13H,3-8,18-21H2,1H3,(H,22,23,24,25,26). The van der Waals surface area contributed by atoms with Gasteiger partial charge in [0.15, 0.2) is 5.82 Å². The molecule has 2 fully saturated rings. The highest BCUT2D eigenvalue weighted by molar-refractivity contribution is 5.53. The predicted molar refractivity (Wildman–Crippen MR) is 110 cm³/mol. The van der Waals surface area contributed by atoms with Gasteiger partial charge in [-0.3, -0.25) is 0 Å². The minimum atomic E-state index is -0.0367. The molecule has 4 rings (SSSR count). The van der Waals surface area contributed by atoms with Crippen molar-refractivity contribution >= 4 is 23.7 Å². The lowest BCUT2D eigenvalue weighted by Gasteiger charge is -2.36. The van der Waals surface area contributed by atoms with Crippen LogP contribution < -0.4 is 38.1 Å². The van der Waals surface area contributed by atoms with E-state index in [4.69, 9.17) is 27.5 Å². The number of nitrogens with zero attached hydrogens (tertiary/aromatic N) is 6. The van der Waals surface area contributed by atoms with Crippen molar-refractivity contribution in [3.63, 3.8) is 0 Å². The maximum absolute atomic E-state index is 6.16. The number of hydrogen-bond acceptors (Lipinski definition) is 12. The van der Waals surface area contributed by atoms with Crippen LogP contribution in [0, 0.1) is 6.92 Å². The molecule has 0 aromatic carbocycles. The summed E-state index contributed by atoms with van der Waals surface area (Å²) in [5.74, 6) is 2.58. The molecule has 2 aliphatic heterocycles. The van der Waals surface area contributed by atoms with Gasteiger partial charge in [0.2, 0.25) is 17.8 Å². The molecule has 12 heteroatoms. The third kappa shape index (κ3) is 4.72. The Bertz CT molecular complexity index is 778. The highest BCUT2D eigenvalue weighted by Gasteiger charge is 2.28. The predicted octanol–water partition coefficient (Wildman–Crippen LogP) is -1.36. The lowest BCUT2D eigenvalue weighted by atomic mass is 10.0. The zero-order valence-electron chi connectivity index (χ0n) is 16.5. The number of hydrogen-bond donors (Lipinski definition) is 5. The van der Waals surface area contributed by atoms with Crippen molar-refractivity contribution in [3.8, 4) is 0 Å². The second-order valence-electron chi connectivity index (χ2n) is 8.03. The Morgan fingerprint density at radius 2 is 1.34 bits per heavy atom. The molecule has 12 nitrogen and oxygen atoms in total. The Labute approximate surface area is 169 Å². The van der Waals surface area contributed by atoms with Crippen LogP contribution in [-0.2, 0) is 0 Å². The fourth-order valence-electron chi connectivity index (χ4n) is 3.92. The number of anilines is 4. The van der Waals surface area contributed by atoms with Crippen LogP contribution in [0.3, 0.4) is 0 Å². The maximum Gasteiger partial charge on any atom is 0.235 e. The summed E-state index contributed by atoms with van der Waals surface area (Å²) >= 11 is 0. The zero-order valence-corrected chi connectivity index (χ0v) is 16.5. The van der Waals surface area contributed by atoms with Crippen molar-refractivity contribution in [1.29, 1.82) is 0 Å². The number of rotatable bonds is 4. The van der Waals surface area contributed by atoms with Gasteiger partial charge in [0.25, 0.3) is 0 Å². The van der Waals surface area contributed by atoms with E-state index in [2.05, 4.69) is 25.4 Å². The van der Waals surface area contributed by atoms with Gasteiger partial charge in [-0.15, -0.1) is 0 Å². The summed E-state index contributed by atoms with van der Waals surface area (Å²) < 4.78 is 5.12. The number of aryl methyl sites for hydroxylation is 1. The molecular formula is C17H29N11O. The van der Waals surface area contributed by atoms with E-state index < -0.39 is 0 Å². The highest BCUT2D eigenvalue weighted by atomic mass is 16.5. The minimum absolute atomic E-state index is 0.0367. The Balaban J connectivity index is 1.66. The van der Waals surface area contributed by atoms with Crippen molar-refractivity contribution in [2.75, 3.05) is 41.3 Å². The Kier molecular flexibility index (Phi) is 5.50. The SMILES string of the molecule is Cc1cc(Nc2nc(N3CC(N)CC(N)C3)nc(N3CC(N)CC(N)C3)n2)no1. The van der Waals surface area contributed by atoms with Crippen LogP contribution in [0.25, 0.3) is 0 Å². The van der Waals surface area contributed by atoms with Gasteiger partial charge in [-0.2, -0.15) is 15.0 Å². The van der Waals surface area contributed by atoms with E-state index >= 15 is 0 Å². The van der Waals surface area contributed by atoms with Crippen LogP contribution in [0.1, 0.15) is 18.6 Å². The first kappa shape index (κ1) is 19.8. The molecule has 0 bridgehead atoms. The van der Waals surface area contributed by atoms with Gasteiger partial charge in [-0.1, -0.05) is 5.16 Å². The van der Waals surface area contributed by atoms with Crippen LogP contribution in [0.2, 0.25) is 0 Å². The van der Waals surface area contributed by atoms with Crippen LogP contribution >= 0.6 is 0 Å². The quantitative estimate of drug-likeness (QED) is 0.404. The Hall–Kier alpha value is -2.54. The van der Waals surface area contributed by atoms with E-state index in [0.29, 0.717) is 55.6 Å². The zero-order chi connectivity index (χ0) is 20.5. The van der Waals surface area contributed by atoms with Crippen LogP contribution in [0.15, 0.2) is 10.6 Å². The van der Waals surface area contributed by atoms with Crippen molar-refractivity contribution in [2.24, 2.45) is 22.9 Å². The summed E-state index contributed by atoms with van der Waals surface area (Å²) in [6.07, 6.45) is 1.54. The maximum atomic E-state index is 6.16. The minimum Gasteiger partial charge on any atom is -0.360 e. The number of nitrogens with two attached hydrogens (primary N) is 4. The average Bonchev–Trinajstić information content (AvgIpc) is 3.04. The molecule has 29 heavy (non-hydrogen) atoms. The smallest absolute Gasteiger partial charge is 0.235 e. The monoisotopic (exact) mass is 403 g/mol. The summed E-state index contributed by atoms with van der Waals surface area (Å²) in [6, 6.07) is 1.62. The van der Waals surface area contributed by atoms with Crippen LogP contribution in [0.5, 0.6) is 0 Å². The first-order valence-electron chi connectivity index (χ1n) is 9.84. The van der Waals surface area contributed by atoms with Gasteiger partial charge in [0.05, 0.1) is 0 Å². The molecule has 4 atom stereocenters. The number of piperidine rings is 2. The molecule has 2 aromatic heterocycles. The number of aromatic nitrogens is 4. The van der Waals surface area contributed by atoms with Crippen LogP contribution in [-0.4, -0.2) is 70.5 Å². The average molecular weight is 403 g/mol. The summed E-state index contributed by atoms with van der Waals surface area (Å²) in [4.78, 5) is 17.8. The van der Waals surface area contributed by atoms with Gasteiger partial charge >= 0.3 is 0 Å². The van der Waals surface area contributed by atoms with Crippen molar-refractivity contribution in [3.05, 3.63) is 11.8 Å². The van der Waals surface area contributed by atoms with Gasteiger partial charge in [0.1, 0.15) is 5.76 Å². The lowest BCUT2D eigenvalue weighted by molar-refractivity contribution is 0.400. The molecule has 2 aromatic rings. The van der Waals surface area contributed by atoms with Crippen LogP contribution in [0.4, 0.5) is 23.7 Å². The fourth-order valence-corrected chi connectivity index (χ4v) is 3.92. The fraction of sp³-hybridized carbons (Fsp3) is 0.647. The Morgan fingerprint density at radius 1 is 0.862 bits per heavy atom. The van der Waals surface area contributed by atoms with Gasteiger partial charge in [-0.25, -0.2) is 0 Å². The molecule has 0 aliphatic carbocycles. The summed E-state index contributed by atoms with van der Waals surface area (Å²) in [5.41, 5.74) is 24.6. The molecule has 2 aliphatic rings. The molecule has 4 unspecified atom stereocenters. The summed E-state index contributed by atoms with van der Waals surface area (Å²) in [5, 5.41) is 7.03. The van der Waals surface area contributed by atoms with Crippen molar-refractivity contribution in [1.82, 2.24) is 20.1 Å². The first-order chi connectivity index (χ1) is 13.9. The first-order valence-corrected chi connectivity index (χ1v) is 9.84. The molecule has 9 N–H and O–H groups in total. The molecular weight excluding hydrogens is 374 g/mol. The highest BCUT2D eigenvalue weighted by Crippen LogP contribution is 2.23. The van der Waals surface area contributed by atoms with Gasteiger partial charge in [0, 0.05) is 56.4 Å². The topological polar surface area (TPSA) is 187 Å². The molecule has 158 valence electrons. The molecule has 2 saturated heterocycles. The van der Waals surface area contributed by atoms with E-state index in [0.717, 1.165) is 12.8 Å². The normalized spacial score (nSPS) is 27.9. The molecule has 0 amide bonds. The van der Waals surface area contributed by atoms with Crippen molar-refractivity contribution in [2.45, 2.75) is 43.9 Å². The second-order valence-corrected chi connectivity index (χ2v) is 8.03. The third-order valence-corrected chi connectivity index (χ3v) is 5.08. The summed E-state index contributed by atoms with van der Waals surface area (Å²) in [7, 11) is 0. The largest absolute Gasteiger partial charge is 0.360 e. The lowest BCUT2D eigenvalue weighted by Crippen LogP contribution is -2.54. The van der Waals surface area contributed by atoms with Gasteiger partial charge < -0.3 is 42.6 Å². The van der Waals surface area contributed by atoms with Crippen molar-refractivity contribution < 1.29 is 4.52 Å². The Morgan fingerprint density at radius 3 is 1.76 bits per heavy atom. The van der Waals surface area contributed by atoms with E-state index in [1.165, 1.54) is 0 Å². The third-order valence-electron chi connectivity index (χ3n) is 5.08. The second kappa shape index (κ2) is 8.06. The van der Waals surface area contributed by atoms with Gasteiger partial charge in [-0.05, 0) is 19.8 Å². The summed E-state index contributed by atoms with van der Waals surface area (Å²) in [6.45, 7) is 4.31. The molecule has 0 spiro atoms. The number of nitrogens with one attached hydrogen (secondary N) is 1. The van der Waals surface area contributed by atoms with E-state index in [1.807, 2.05) is 16.7 Å². The van der Waals surface area contributed by atoms with E-state index in [9.17, 15) is 0 Å².